The second-order valence-electron chi connectivity index (χ2n) is 4.51. The first-order valence-electron chi connectivity index (χ1n) is 6.82. The van der Waals surface area contributed by atoms with Crippen LogP contribution < -0.4 is 0 Å². The molecule has 1 unspecified atom stereocenters. The Hall–Kier alpha value is -1.72. The summed E-state index contributed by atoms with van der Waals surface area (Å²) >= 11 is 0. The summed E-state index contributed by atoms with van der Waals surface area (Å²) in [5.41, 5.74) is 0. The van der Waals surface area contributed by atoms with E-state index in [0.717, 1.165) is 0 Å². The Morgan fingerprint density at radius 3 is 2.15 bits per heavy atom. The molecule has 0 aliphatic carbocycles. The summed E-state index contributed by atoms with van der Waals surface area (Å²) in [5.74, 6) is -2.27. The van der Waals surface area contributed by atoms with Gasteiger partial charge in [0.2, 0.25) is 0 Å². The van der Waals surface area contributed by atoms with Crippen LogP contribution in [0.25, 0.3) is 0 Å². The van der Waals surface area contributed by atoms with Crippen molar-refractivity contribution >= 4 is 23.5 Å². The maximum Gasteiger partial charge on any atom is 0.306 e. The SMILES string of the molecule is CCOC(=O)CCC(=O)C(CC)CC(=O)CCC(=O)O. The molecular weight excluding hydrogens is 264 g/mol. The van der Waals surface area contributed by atoms with Crippen LogP contribution in [0.5, 0.6) is 0 Å². The summed E-state index contributed by atoms with van der Waals surface area (Å²) in [4.78, 5) is 44.9. The Morgan fingerprint density at radius 1 is 1.00 bits per heavy atom. The summed E-state index contributed by atoms with van der Waals surface area (Å²) in [7, 11) is 0. The molecule has 0 fully saturated rings. The van der Waals surface area contributed by atoms with Crippen LogP contribution in [-0.4, -0.2) is 35.2 Å². The van der Waals surface area contributed by atoms with E-state index in [4.69, 9.17) is 9.84 Å². The monoisotopic (exact) mass is 286 g/mol. The number of ketones is 2. The van der Waals surface area contributed by atoms with Crippen molar-refractivity contribution in [1.82, 2.24) is 0 Å². The molecule has 0 amide bonds. The highest BCUT2D eigenvalue weighted by Gasteiger charge is 2.21. The highest BCUT2D eigenvalue weighted by atomic mass is 16.5. The summed E-state index contributed by atoms with van der Waals surface area (Å²) < 4.78 is 4.73. The van der Waals surface area contributed by atoms with Gasteiger partial charge < -0.3 is 9.84 Å². The molecule has 0 aromatic rings. The lowest BCUT2D eigenvalue weighted by molar-refractivity contribution is -0.144. The van der Waals surface area contributed by atoms with Gasteiger partial charge in [-0.05, 0) is 13.3 Å². The van der Waals surface area contributed by atoms with E-state index in [1.54, 1.807) is 13.8 Å². The first kappa shape index (κ1) is 18.3. The van der Waals surface area contributed by atoms with E-state index in [9.17, 15) is 19.2 Å². The van der Waals surface area contributed by atoms with Gasteiger partial charge in [-0.15, -0.1) is 0 Å². The number of carbonyl (C=O) groups is 4. The molecule has 1 N–H and O–H groups in total. The number of hydrogen-bond donors (Lipinski definition) is 1. The largest absolute Gasteiger partial charge is 0.481 e. The molecule has 6 nitrogen and oxygen atoms in total. The molecule has 1 atom stereocenters. The first-order valence-corrected chi connectivity index (χ1v) is 6.82. The minimum Gasteiger partial charge on any atom is -0.481 e. The zero-order valence-electron chi connectivity index (χ0n) is 12.0. The summed E-state index contributed by atoms with van der Waals surface area (Å²) in [6.45, 7) is 3.75. The average molecular weight is 286 g/mol. The third kappa shape index (κ3) is 8.39. The van der Waals surface area contributed by atoms with Crippen molar-refractivity contribution in [2.24, 2.45) is 5.92 Å². The molecule has 0 saturated heterocycles. The molecule has 0 aromatic carbocycles. The van der Waals surface area contributed by atoms with E-state index >= 15 is 0 Å². The van der Waals surface area contributed by atoms with E-state index in [2.05, 4.69) is 0 Å². The van der Waals surface area contributed by atoms with Gasteiger partial charge in [-0.2, -0.15) is 0 Å². The van der Waals surface area contributed by atoms with Crippen LogP contribution in [0.1, 0.15) is 52.4 Å². The number of aliphatic carboxylic acids is 1. The van der Waals surface area contributed by atoms with Crippen LogP contribution >= 0.6 is 0 Å². The predicted molar refractivity (Wildman–Crippen MR) is 71.1 cm³/mol. The fourth-order valence-corrected chi connectivity index (χ4v) is 1.77. The summed E-state index contributed by atoms with van der Waals surface area (Å²) in [6, 6.07) is 0. The number of hydrogen-bond acceptors (Lipinski definition) is 5. The van der Waals surface area contributed by atoms with Crippen LogP contribution in [0, 0.1) is 5.92 Å². The van der Waals surface area contributed by atoms with Crippen molar-refractivity contribution < 1.29 is 29.0 Å². The number of carboxylic acid groups (broad SMARTS) is 1. The zero-order chi connectivity index (χ0) is 15.5. The standard InChI is InChI=1S/C14H22O6/c1-3-10(9-11(15)5-7-13(17)18)12(16)6-8-14(19)20-4-2/h10H,3-9H2,1-2H3,(H,17,18). The Bertz CT molecular complexity index is 361. The molecule has 0 aromatic heterocycles. The van der Waals surface area contributed by atoms with Gasteiger partial charge >= 0.3 is 11.9 Å². The second kappa shape index (κ2) is 10.1. The summed E-state index contributed by atoms with van der Waals surface area (Å²) in [6.07, 6.45) is 0.352. The molecular formula is C14H22O6. The molecule has 0 aliphatic rings. The molecule has 0 rings (SSSR count). The van der Waals surface area contributed by atoms with Gasteiger partial charge in [0.05, 0.1) is 19.4 Å². The van der Waals surface area contributed by atoms with Gasteiger partial charge in [-0.1, -0.05) is 6.92 Å². The average Bonchev–Trinajstić information content (AvgIpc) is 2.40. The van der Waals surface area contributed by atoms with Gasteiger partial charge in [0.1, 0.15) is 11.6 Å². The Kier molecular flexibility index (Phi) is 9.24. The number of Topliss-reactive ketones (excluding diaryl/α,β-unsaturated/α-hetero) is 2. The maximum absolute atomic E-state index is 11.9. The Morgan fingerprint density at radius 2 is 1.65 bits per heavy atom. The van der Waals surface area contributed by atoms with Crippen LogP contribution in [0.3, 0.4) is 0 Å². The molecule has 114 valence electrons. The lowest BCUT2D eigenvalue weighted by Crippen LogP contribution is -2.19. The molecule has 0 radical (unpaired) electrons. The van der Waals surface area contributed by atoms with Crippen LogP contribution in [-0.2, 0) is 23.9 Å². The van der Waals surface area contributed by atoms with E-state index in [0.29, 0.717) is 6.42 Å². The van der Waals surface area contributed by atoms with E-state index in [1.165, 1.54) is 0 Å². The molecule has 0 heterocycles. The molecule has 0 aliphatic heterocycles. The number of ether oxygens (including phenoxy) is 1. The van der Waals surface area contributed by atoms with Gasteiger partial charge in [0.25, 0.3) is 0 Å². The van der Waals surface area contributed by atoms with Gasteiger partial charge in [0.15, 0.2) is 0 Å². The summed E-state index contributed by atoms with van der Waals surface area (Å²) in [5, 5.41) is 8.49. The number of rotatable bonds is 11. The van der Waals surface area contributed by atoms with E-state index < -0.39 is 17.9 Å². The third-order valence-electron chi connectivity index (χ3n) is 2.92. The van der Waals surface area contributed by atoms with Crippen LogP contribution in [0.15, 0.2) is 0 Å². The predicted octanol–water partition coefficient (Wildman–Crippen LogP) is 1.75. The lowest BCUT2D eigenvalue weighted by atomic mass is 9.91. The van der Waals surface area contributed by atoms with Crippen molar-refractivity contribution in [2.45, 2.75) is 52.4 Å². The third-order valence-corrected chi connectivity index (χ3v) is 2.92. The number of carbonyl (C=O) groups excluding carboxylic acids is 3. The highest BCUT2D eigenvalue weighted by Crippen LogP contribution is 2.15. The van der Waals surface area contributed by atoms with Crippen molar-refractivity contribution in [1.29, 1.82) is 0 Å². The van der Waals surface area contributed by atoms with Crippen molar-refractivity contribution in [3.63, 3.8) is 0 Å². The van der Waals surface area contributed by atoms with E-state index in [1.807, 2.05) is 0 Å². The topological polar surface area (TPSA) is 97.7 Å². The normalized spacial score (nSPS) is 11.7. The van der Waals surface area contributed by atoms with Crippen molar-refractivity contribution in [3.8, 4) is 0 Å². The number of carboxylic acids is 1. The number of esters is 1. The second-order valence-corrected chi connectivity index (χ2v) is 4.51. The Balaban J connectivity index is 4.17. The highest BCUT2D eigenvalue weighted by molar-refractivity contribution is 5.90. The van der Waals surface area contributed by atoms with Gasteiger partial charge in [-0.3, -0.25) is 19.2 Å². The minimum absolute atomic E-state index is 0.0203. The van der Waals surface area contributed by atoms with Gasteiger partial charge in [-0.25, -0.2) is 0 Å². The first-order chi connectivity index (χ1) is 9.40. The minimum atomic E-state index is -1.03. The van der Waals surface area contributed by atoms with Gasteiger partial charge in [0, 0.05) is 25.2 Å². The molecule has 0 spiro atoms. The molecule has 0 bridgehead atoms. The maximum atomic E-state index is 11.9. The molecule has 20 heavy (non-hydrogen) atoms. The Labute approximate surface area is 118 Å². The fraction of sp³-hybridized carbons (Fsp3) is 0.714. The fourth-order valence-electron chi connectivity index (χ4n) is 1.77. The molecule has 0 saturated carbocycles. The van der Waals surface area contributed by atoms with E-state index in [-0.39, 0.29) is 50.3 Å². The van der Waals surface area contributed by atoms with Crippen LogP contribution in [0.2, 0.25) is 0 Å². The van der Waals surface area contributed by atoms with Crippen molar-refractivity contribution in [3.05, 3.63) is 0 Å². The zero-order valence-corrected chi connectivity index (χ0v) is 12.0. The smallest absolute Gasteiger partial charge is 0.306 e. The lowest BCUT2D eigenvalue weighted by Gasteiger charge is -2.12. The van der Waals surface area contributed by atoms with Crippen LogP contribution in [0.4, 0.5) is 0 Å². The van der Waals surface area contributed by atoms with Crippen molar-refractivity contribution in [2.75, 3.05) is 6.61 Å². The molecule has 6 heteroatoms. The quantitative estimate of drug-likeness (QED) is 0.581.